The molecular formula is C12H19NO2S2. The Morgan fingerprint density at radius 2 is 1.88 bits per heavy atom. The Labute approximate surface area is 108 Å². The maximum Gasteiger partial charge on any atom is 0.148 e. The lowest BCUT2D eigenvalue weighted by Gasteiger charge is -2.09. The van der Waals surface area contributed by atoms with Gasteiger partial charge in [-0.25, -0.2) is 8.42 Å². The molecule has 5 heteroatoms. The SMILES string of the molecule is CC[C@H](N)c1ccc(SCCS(C)(=O)=O)cc1. The molecule has 0 saturated heterocycles. The zero-order valence-electron chi connectivity index (χ0n) is 10.2. The summed E-state index contributed by atoms with van der Waals surface area (Å²) >= 11 is 1.56. The van der Waals surface area contributed by atoms with Crippen molar-refractivity contribution in [2.45, 2.75) is 24.3 Å². The van der Waals surface area contributed by atoms with Gasteiger partial charge in [-0.3, -0.25) is 0 Å². The average molecular weight is 273 g/mol. The number of hydrogen-bond acceptors (Lipinski definition) is 4. The van der Waals surface area contributed by atoms with Crippen LogP contribution >= 0.6 is 11.8 Å². The molecule has 0 aromatic heterocycles. The van der Waals surface area contributed by atoms with E-state index in [4.69, 9.17) is 5.73 Å². The van der Waals surface area contributed by atoms with E-state index in [9.17, 15) is 8.42 Å². The van der Waals surface area contributed by atoms with E-state index in [0.29, 0.717) is 5.75 Å². The second-order valence-electron chi connectivity index (χ2n) is 4.06. The van der Waals surface area contributed by atoms with Crippen LogP contribution in [0.25, 0.3) is 0 Å². The van der Waals surface area contributed by atoms with Crippen molar-refractivity contribution >= 4 is 21.6 Å². The van der Waals surface area contributed by atoms with E-state index in [-0.39, 0.29) is 11.8 Å². The van der Waals surface area contributed by atoms with E-state index in [1.807, 2.05) is 24.3 Å². The molecule has 0 aliphatic carbocycles. The maximum absolute atomic E-state index is 11.0. The van der Waals surface area contributed by atoms with Crippen LogP contribution in [0.15, 0.2) is 29.2 Å². The van der Waals surface area contributed by atoms with Gasteiger partial charge in [0.25, 0.3) is 0 Å². The van der Waals surface area contributed by atoms with Crippen molar-refractivity contribution in [3.8, 4) is 0 Å². The summed E-state index contributed by atoms with van der Waals surface area (Å²) in [4.78, 5) is 1.08. The molecule has 1 aromatic carbocycles. The van der Waals surface area contributed by atoms with Gasteiger partial charge in [-0.2, -0.15) is 0 Å². The lowest BCUT2D eigenvalue weighted by molar-refractivity contribution is 0.603. The number of rotatable bonds is 6. The molecule has 0 amide bonds. The molecule has 0 aliphatic rings. The summed E-state index contributed by atoms with van der Waals surface area (Å²) in [5, 5.41) is 0. The van der Waals surface area contributed by atoms with Crippen molar-refractivity contribution in [3.05, 3.63) is 29.8 Å². The maximum atomic E-state index is 11.0. The van der Waals surface area contributed by atoms with Crippen LogP contribution < -0.4 is 5.73 Å². The Kier molecular flexibility index (Phi) is 5.49. The predicted molar refractivity (Wildman–Crippen MR) is 74.1 cm³/mol. The Morgan fingerprint density at radius 1 is 1.29 bits per heavy atom. The zero-order valence-corrected chi connectivity index (χ0v) is 11.9. The van der Waals surface area contributed by atoms with Crippen LogP contribution in [-0.2, 0) is 9.84 Å². The second-order valence-corrected chi connectivity index (χ2v) is 7.49. The summed E-state index contributed by atoms with van der Waals surface area (Å²) in [6.45, 7) is 2.05. The van der Waals surface area contributed by atoms with Crippen LogP contribution in [0.4, 0.5) is 0 Å². The first-order chi connectivity index (χ1) is 7.92. The minimum Gasteiger partial charge on any atom is -0.324 e. The molecule has 1 rings (SSSR count). The summed E-state index contributed by atoms with van der Waals surface area (Å²) < 4.78 is 21.9. The highest BCUT2D eigenvalue weighted by molar-refractivity contribution is 8.00. The largest absolute Gasteiger partial charge is 0.324 e. The van der Waals surface area contributed by atoms with Gasteiger partial charge in [-0.05, 0) is 24.1 Å². The number of hydrogen-bond donors (Lipinski definition) is 1. The van der Waals surface area contributed by atoms with Gasteiger partial charge < -0.3 is 5.73 Å². The number of nitrogens with two attached hydrogens (primary N) is 1. The van der Waals surface area contributed by atoms with Gasteiger partial charge in [0.05, 0.1) is 5.75 Å². The standard InChI is InChI=1S/C12H19NO2S2/c1-3-12(13)10-4-6-11(7-5-10)16-8-9-17(2,14)15/h4-7,12H,3,8-9,13H2,1-2H3/t12-/m0/s1. The highest BCUT2D eigenvalue weighted by Gasteiger charge is 2.04. The third-order valence-electron chi connectivity index (χ3n) is 2.47. The number of sulfone groups is 1. The van der Waals surface area contributed by atoms with Crippen molar-refractivity contribution in [1.29, 1.82) is 0 Å². The zero-order chi connectivity index (χ0) is 12.9. The van der Waals surface area contributed by atoms with Crippen LogP contribution in [0.2, 0.25) is 0 Å². The van der Waals surface area contributed by atoms with Crippen LogP contribution in [0.5, 0.6) is 0 Å². The second kappa shape index (κ2) is 6.42. The molecule has 2 N–H and O–H groups in total. The Hall–Kier alpha value is -0.520. The molecule has 1 atom stereocenters. The van der Waals surface area contributed by atoms with Crippen LogP contribution in [0.1, 0.15) is 24.9 Å². The fourth-order valence-corrected chi connectivity index (χ4v) is 3.47. The van der Waals surface area contributed by atoms with E-state index in [0.717, 1.165) is 16.9 Å². The molecule has 0 unspecified atom stereocenters. The van der Waals surface area contributed by atoms with Gasteiger partial charge in [-0.15, -0.1) is 11.8 Å². The first-order valence-electron chi connectivity index (χ1n) is 5.58. The molecule has 3 nitrogen and oxygen atoms in total. The van der Waals surface area contributed by atoms with Gasteiger partial charge >= 0.3 is 0 Å². The topological polar surface area (TPSA) is 60.2 Å². The summed E-state index contributed by atoms with van der Waals surface area (Å²) in [6.07, 6.45) is 2.18. The monoisotopic (exact) mass is 273 g/mol. The molecule has 0 spiro atoms. The fourth-order valence-electron chi connectivity index (χ4n) is 1.36. The van der Waals surface area contributed by atoms with Crippen molar-refractivity contribution in [2.75, 3.05) is 17.8 Å². The third kappa shape index (κ3) is 5.57. The first-order valence-corrected chi connectivity index (χ1v) is 8.63. The number of thioether (sulfide) groups is 1. The predicted octanol–water partition coefficient (Wildman–Crippen LogP) is 2.23. The molecule has 0 heterocycles. The van der Waals surface area contributed by atoms with Crippen molar-refractivity contribution in [3.63, 3.8) is 0 Å². The molecular weight excluding hydrogens is 254 g/mol. The Morgan fingerprint density at radius 3 is 2.35 bits per heavy atom. The normalized spacial score (nSPS) is 13.6. The van der Waals surface area contributed by atoms with E-state index >= 15 is 0 Å². The summed E-state index contributed by atoms with van der Waals surface area (Å²) in [7, 11) is -2.86. The lowest BCUT2D eigenvalue weighted by atomic mass is 10.1. The molecule has 0 bridgehead atoms. The van der Waals surface area contributed by atoms with E-state index in [1.165, 1.54) is 6.26 Å². The van der Waals surface area contributed by atoms with E-state index in [2.05, 4.69) is 6.92 Å². The van der Waals surface area contributed by atoms with E-state index < -0.39 is 9.84 Å². The Bertz CT molecular complexity index is 440. The third-order valence-corrected chi connectivity index (χ3v) is 4.69. The highest BCUT2D eigenvalue weighted by Crippen LogP contribution is 2.21. The minimum absolute atomic E-state index is 0.0880. The fraction of sp³-hybridized carbons (Fsp3) is 0.500. The van der Waals surface area contributed by atoms with Gasteiger partial charge in [0.2, 0.25) is 0 Å². The minimum atomic E-state index is -2.86. The van der Waals surface area contributed by atoms with E-state index in [1.54, 1.807) is 11.8 Å². The molecule has 1 aromatic rings. The molecule has 0 radical (unpaired) electrons. The molecule has 0 saturated carbocycles. The van der Waals surface area contributed by atoms with Crippen molar-refractivity contribution < 1.29 is 8.42 Å². The summed E-state index contributed by atoms with van der Waals surface area (Å²) in [6, 6.07) is 8.11. The molecule has 0 aliphatic heterocycles. The van der Waals surface area contributed by atoms with Gasteiger partial charge in [0, 0.05) is 22.9 Å². The molecule has 0 fully saturated rings. The average Bonchev–Trinajstić information content (AvgIpc) is 2.27. The lowest BCUT2D eigenvalue weighted by Crippen LogP contribution is -2.08. The van der Waals surface area contributed by atoms with Gasteiger partial charge in [0.15, 0.2) is 0 Å². The van der Waals surface area contributed by atoms with Crippen LogP contribution in [0, 0.1) is 0 Å². The quantitative estimate of drug-likeness (QED) is 0.807. The highest BCUT2D eigenvalue weighted by atomic mass is 32.2. The van der Waals surface area contributed by atoms with Crippen molar-refractivity contribution in [2.24, 2.45) is 5.73 Å². The summed E-state index contributed by atoms with van der Waals surface area (Å²) in [5.41, 5.74) is 7.04. The molecule has 17 heavy (non-hydrogen) atoms. The van der Waals surface area contributed by atoms with Crippen LogP contribution in [-0.4, -0.2) is 26.2 Å². The number of benzene rings is 1. The first kappa shape index (κ1) is 14.5. The Balaban J connectivity index is 2.51. The van der Waals surface area contributed by atoms with Gasteiger partial charge in [-0.1, -0.05) is 19.1 Å². The van der Waals surface area contributed by atoms with Crippen molar-refractivity contribution in [1.82, 2.24) is 0 Å². The smallest absolute Gasteiger partial charge is 0.148 e. The van der Waals surface area contributed by atoms with Gasteiger partial charge in [0.1, 0.15) is 9.84 Å². The van der Waals surface area contributed by atoms with Crippen LogP contribution in [0.3, 0.4) is 0 Å². The summed E-state index contributed by atoms with van der Waals surface area (Å²) in [5.74, 6) is 0.811. The molecule has 96 valence electrons.